The molecular formula is C35H31ClN4O8S. The Bertz CT molecular complexity index is 2180. The monoisotopic (exact) mass is 702 g/mol. The van der Waals surface area contributed by atoms with Crippen LogP contribution >= 0.6 is 22.9 Å². The van der Waals surface area contributed by atoms with Crippen molar-refractivity contribution >= 4 is 68.6 Å². The van der Waals surface area contributed by atoms with E-state index in [0.717, 1.165) is 27.6 Å². The lowest BCUT2D eigenvalue weighted by Crippen LogP contribution is -2.49. The van der Waals surface area contributed by atoms with E-state index in [4.69, 9.17) is 25.9 Å². The van der Waals surface area contributed by atoms with Gasteiger partial charge in [-0.25, -0.2) is 9.69 Å². The number of methoxy groups -OCH3 is 1. The molecule has 3 fully saturated rings. The third-order valence-corrected chi connectivity index (χ3v) is 12.5. The number of fused-ring (bicyclic) bond motifs is 5. The van der Waals surface area contributed by atoms with Gasteiger partial charge in [-0.05, 0) is 73.9 Å². The number of allylic oxidation sites excluding steroid dienone is 2. The SMILES string of the molecule is COC(=O)N1C(=O)C2CC=C3C(CC4C(=O)N(c5cc(-c6sc7ccc(Cl)cc7c6C)nn5C)C(=O)C4(C)C3c3ccc(CO)o3)C2C1=O. The van der Waals surface area contributed by atoms with E-state index in [1.54, 1.807) is 43.5 Å². The molecule has 5 heterocycles. The van der Waals surface area contributed by atoms with Crippen molar-refractivity contribution in [1.29, 1.82) is 0 Å². The number of hydrogen-bond acceptors (Lipinski definition) is 10. The number of aliphatic hydroxyl groups is 1. The lowest BCUT2D eigenvalue weighted by molar-refractivity contribution is -0.138. The number of aromatic nitrogens is 2. The van der Waals surface area contributed by atoms with Crippen LogP contribution in [-0.4, -0.2) is 56.6 Å². The van der Waals surface area contributed by atoms with Crippen molar-refractivity contribution in [1.82, 2.24) is 14.7 Å². The van der Waals surface area contributed by atoms with Gasteiger partial charge in [0.05, 0.1) is 41.1 Å². The third-order valence-electron chi connectivity index (χ3n) is 11.0. The molecule has 2 saturated heterocycles. The zero-order valence-electron chi connectivity index (χ0n) is 26.9. The second-order valence-electron chi connectivity index (χ2n) is 13.3. The van der Waals surface area contributed by atoms with Crippen LogP contribution in [0.25, 0.3) is 20.7 Å². The molecule has 1 aromatic carbocycles. The fourth-order valence-electron chi connectivity index (χ4n) is 8.66. The topological polar surface area (TPSA) is 152 Å². The van der Waals surface area contributed by atoms with Crippen molar-refractivity contribution in [2.24, 2.45) is 36.1 Å². The number of halogens is 1. The molecule has 1 saturated carbocycles. The molecule has 6 atom stereocenters. The summed E-state index contributed by atoms with van der Waals surface area (Å²) in [5, 5.41) is 16.2. The molecule has 2 aliphatic heterocycles. The van der Waals surface area contributed by atoms with E-state index < -0.39 is 64.7 Å². The van der Waals surface area contributed by atoms with Gasteiger partial charge in [-0.15, -0.1) is 11.3 Å². The van der Waals surface area contributed by atoms with Gasteiger partial charge in [0.15, 0.2) is 0 Å². The number of likely N-dealkylation sites (tertiary alicyclic amines) is 1. The largest absolute Gasteiger partial charge is 0.463 e. The lowest BCUT2D eigenvalue weighted by atomic mass is 9.52. The average molecular weight is 703 g/mol. The van der Waals surface area contributed by atoms with E-state index in [9.17, 15) is 29.1 Å². The number of rotatable bonds is 4. The number of furan rings is 1. The maximum absolute atomic E-state index is 14.8. The van der Waals surface area contributed by atoms with Crippen LogP contribution in [0.15, 0.2) is 52.5 Å². The molecule has 12 nitrogen and oxygen atoms in total. The van der Waals surface area contributed by atoms with Crippen molar-refractivity contribution in [3.63, 3.8) is 0 Å². The van der Waals surface area contributed by atoms with Crippen LogP contribution in [0.4, 0.5) is 10.6 Å². The minimum Gasteiger partial charge on any atom is -0.463 e. The molecule has 14 heteroatoms. The van der Waals surface area contributed by atoms with Gasteiger partial charge in [-0.2, -0.15) is 10.00 Å². The highest BCUT2D eigenvalue weighted by molar-refractivity contribution is 7.22. The first-order valence-electron chi connectivity index (χ1n) is 15.9. The second-order valence-corrected chi connectivity index (χ2v) is 14.8. The molecule has 3 aromatic heterocycles. The molecule has 5 amide bonds. The van der Waals surface area contributed by atoms with Crippen LogP contribution in [0.3, 0.4) is 0 Å². The molecule has 2 aliphatic carbocycles. The van der Waals surface area contributed by atoms with Gasteiger partial charge in [0.2, 0.25) is 23.6 Å². The Hall–Kier alpha value is -4.59. The first-order valence-corrected chi connectivity index (χ1v) is 17.1. The summed E-state index contributed by atoms with van der Waals surface area (Å²) in [5.74, 6) is -5.36. The predicted molar refractivity (Wildman–Crippen MR) is 177 cm³/mol. The molecule has 4 aromatic rings. The Balaban J connectivity index is 1.24. The van der Waals surface area contributed by atoms with E-state index in [0.29, 0.717) is 32.8 Å². The number of nitrogens with zero attached hydrogens (tertiary/aromatic N) is 4. The maximum atomic E-state index is 14.8. The van der Waals surface area contributed by atoms with Gasteiger partial charge in [0.1, 0.15) is 29.6 Å². The molecule has 252 valence electrons. The van der Waals surface area contributed by atoms with Gasteiger partial charge in [0.25, 0.3) is 0 Å². The van der Waals surface area contributed by atoms with Crippen LogP contribution in [0.5, 0.6) is 0 Å². The highest BCUT2D eigenvalue weighted by Gasteiger charge is 2.69. The number of ether oxygens (including phenoxy) is 1. The van der Waals surface area contributed by atoms with Crippen molar-refractivity contribution in [2.45, 2.75) is 39.2 Å². The summed E-state index contributed by atoms with van der Waals surface area (Å²) in [5.41, 5.74) is 0.922. The molecule has 0 bridgehead atoms. The number of amides is 5. The molecule has 49 heavy (non-hydrogen) atoms. The minimum atomic E-state index is -1.35. The standard InChI is InChI=1S/C35H31ClN4O8S/c1-15-20-11-16(36)5-10-25(20)49-29(15)23-13-26(38(3)37-23)39-31(43)22-12-21-18(7-8-19-27(21)32(44)40(30(19)42)34(46)47-4)28(35(22,2)33(39)45)24-9-6-17(14-41)48-24/h5-7,9-11,13,19,21-22,27-28,41H,8,12,14H2,1-4H3. The van der Waals surface area contributed by atoms with Gasteiger partial charge < -0.3 is 14.3 Å². The number of benzene rings is 1. The fraction of sp³-hybridized carbons (Fsp3) is 0.371. The Labute approximate surface area is 288 Å². The first-order chi connectivity index (χ1) is 23.4. The summed E-state index contributed by atoms with van der Waals surface area (Å²) in [6.07, 6.45) is 1.06. The first kappa shape index (κ1) is 31.7. The van der Waals surface area contributed by atoms with Crippen molar-refractivity contribution in [2.75, 3.05) is 12.0 Å². The van der Waals surface area contributed by atoms with Crippen LogP contribution in [0.2, 0.25) is 5.02 Å². The van der Waals surface area contributed by atoms with Crippen LogP contribution < -0.4 is 4.90 Å². The minimum absolute atomic E-state index is 0.101. The van der Waals surface area contributed by atoms with Crippen molar-refractivity contribution < 1.29 is 38.2 Å². The number of imide groups is 4. The Morgan fingerprint density at radius 2 is 1.90 bits per heavy atom. The third kappa shape index (κ3) is 4.25. The van der Waals surface area contributed by atoms with Crippen LogP contribution in [0.1, 0.15) is 42.8 Å². The fourth-order valence-corrected chi connectivity index (χ4v) is 9.97. The second kappa shape index (κ2) is 11.0. The van der Waals surface area contributed by atoms with E-state index >= 15 is 0 Å². The summed E-state index contributed by atoms with van der Waals surface area (Å²) >= 11 is 7.81. The molecule has 1 N–H and O–H groups in total. The Morgan fingerprint density at radius 3 is 2.61 bits per heavy atom. The molecule has 6 unspecified atom stereocenters. The summed E-state index contributed by atoms with van der Waals surface area (Å²) < 4.78 is 13.3. The number of carbonyl (C=O) groups is 5. The number of carbonyl (C=O) groups excluding carboxylic acids is 5. The molecule has 8 rings (SSSR count). The predicted octanol–water partition coefficient (Wildman–Crippen LogP) is 5.35. The Morgan fingerprint density at radius 1 is 1.12 bits per heavy atom. The molecule has 0 radical (unpaired) electrons. The number of aliphatic hydroxyl groups excluding tert-OH is 1. The highest BCUT2D eigenvalue weighted by atomic mass is 35.5. The van der Waals surface area contributed by atoms with E-state index in [2.05, 4.69) is 0 Å². The van der Waals surface area contributed by atoms with E-state index in [1.165, 1.54) is 9.58 Å². The summed E-state index contributed by atoms with van der Waals surface area (Å²) in [6.45, 7) is 3.35. The van der Waals surface area contributed by atoms with Crippen LogP contribution in [0, 0.1) is 36.0 Å². The van der Waals surface area contributed by atoms with Crippen molar-refractivity contribution in [3.8, 4) is 10.6 Å². The van der Waals surface area contributed by atoms with E-state index in [1.807, 2.05) is 31.2 Å². The number of thiophene rings is 1. The summed E-state index contributed by atoms with van der Waals surface area (Å²) in [7, 11) is 2.78. The quantitative estimate of drug-likeness (QED) is 0.219. The number of hydrogen-bond donors (Lipinski definition) is 1. The molecular weight excluding hydrogens is 672 g/mol. The van der Waals surface area contributed by atoms with Gasteiger partial charge >= 0.3 is 6.09 Å². The van der Waals surface area contributed by atoms with E-state index in [-0.39, 0.29) is 25.2 Å². The Kier molecular flexibility index (Phi) is 7.08. The van der Waals surface area contributed by atoms with Gasteiger partial charge in [0, 0.05) is 22.8 Å². The molecule has 0 spiro atoms. The lowest BCUT2D eigenvalue weighted by Gasteiger charge is -2.48. The maximum Gasteiger partial charge on any atom is 0.423 e. The zero-order valence-corrected chi connectivity index (χ0v) is 28.5. The summed E-state index contributed by atoms with van der Waals surface area (Å²) in [4.78, 5) is 71.6. The number of anilines is 1. The summed E-state index contributed by atoms with van der Waals surface area (Å²) in [6, 6.07) is 10.7. The molecule has 4 aliphatic rings. The van der Waals surface area contributed by atoms with Crippen LogP contribution in [-0.2, 0) is 37.6 Å². The average Bonchev–Trinajstić information content (AvgIpc) is 3.87. The van der Waals surface area contributed by atoms with Crippen molar-refractivity contribution in [3.05, 3.63) is 70.2 Å². The smallest absolute Gasteiger partial charge is 0.423 e. The highest BCUT2D eigenvalue weighted by Crippen LogP contribution is 2.63. The number of aryl methyl sites for hydroxylation is 2. The van der Waals surface area contributed by atoms with Gasteiger partial charge in [-0.1, -0.05) is 23.3 Å². The van der Waals surface area contributed by atoms with Gasteiger partial charge in [-0.3, -0.25) is 23.9 Å². The zero-order chi connectivity index (χ0) is 34.7. The normalized spacial score (nSPS) is 27.9.